The Hall–Kier alpha value is -0.690. The second-order valence-corrected chi connectivity index (χ2v) is 4.80. The zero-order chi connectivity index (χ0) is 14.1. The fourth-order valence-electron chi connectivity index (χ4n) is 1.70. The molecule has 0 spiro atoms. The van der Waals surface area contributed by atoms with Crippen molar-refractivity contribution >= 4 is 5.91 Å². The van der Waals surface area contributed by atoms with Crippen molar-refractivity contribution < 1.29 is 23.7 Å². The van der Waals surface area contributed by atoms with Gasteiger partial charge in [0.15, 0.2) is 5.79 Å². The van der Waals surface area contributed by atoms with Gasteiger partial charge in [0.1, 0.15) is 0 Å². The molecule has 1 aliphatic heterocycles. The van der Waals surface area contributed by atoms with Gasteiger partial charge in [0.05, 0.1) is 32.5 Å². The minimum atomic E-state index is -0.544. The van der Waals surface area contributed by atoms with Crippen LogP contribution < -0.4 is 5.32 Å². The molecule has 0 aliphatic carbocycles. The Morgan fingerprint density at radius 2 is 2.11 bits per heavy atom. The first-order valence-corrected chi connectivity index (χ1v) is 6.71. The first-order chi connectivity index (χ1) is 9.06. The van der Waals surface area contributed by atoms with Gasteiger partial charge in [-0.1, -0.05) is 0 Å². The van der Waals surface area contributed by atoms with E-state index < -0.39 is 5.79 Å². The van der Waals surface area contributed by atoms with Crippen molar-refractivity contribution in [1.29, 1.82) is 0 Å². The van der Waals surface area contributed by atoms with Crippen LogP contribution in [0.1, 0.15) is 26.7 Å². The molecule has 1 rings (SSSR count). The quantitative estimate of drug-likeness (QED) is 0.627. The summed E-state index contributed by atoms with van der Waals surface area (Å²) in [5.74, 6) is -0.566. The van der Waals surface area contributed by atoms with Gasteiger partial charge in [-0.15, -0.1) is 0 Å². The molecule has 0 radical (unpaired) electrons. The third-order valence-electron chi connectivity index (χ3n) is 3.03. The molecule has 0 aromatic rings. The van der Waals surface area contributed by atoms with Gasteiger partial charge in [-0.05, 0) is 13.8 Å². The highest BCUT2D eigenvalue weighted by Crippen LogP contribution is 2.21. The van der Waals surface area contributed by atoms with Crippen LogP contribution in [0.2, 0.25) is 0 Å². The number of methoxy groups -OCH3 is 1. The normalized spacial score (nSPS) is 19.3. The minimum absolute atomic E-state index is 0.0216. The Kier molecular flexibility index (Phi) is 7.30. The molecule has 0 aromatic carbocycles. The molecule has 1 N–H and O–H groups in total. The van der Waals surface area contributed by atoms with Crippen molar-refractivity contribution in [3.63, 3.8) is 0 Å². The van der Waals surface area contributed by atoms with Gasteiger partial charge in [-0.3, -0.25) is 4.79 Å². The molecule has 1 unspecified atom stereocenters. The van der Waals surface area contributed by atoms with E-state index in [0.717, 1.165) is 0 Å². The van der Waals surface area contributed by atoms with Gasteiger partial charge >= 0.3 is 0 Å². The average Bonchev–Trinajstić information content (AvgIpc) is 2.81. The predicted molar refractivity (Wildman–Crippen MR) is 69.8 cm³/mol. The van der Waals surface area contributed by atoms with E-state index in [2.05, 4.69) is 5.32 Å². The van der Waals surface area contributed by atoms with Crippen molar-refractivity contribution in [2.75, 3.05) is 40.1 Å². The minimum Gasteiger partial charge on any atom is -0.379 e. The highest BCUT2D eigenvalue weighted by molar-refractivity contribution is 5.75. The third kappa shape index (κ3) is 6.87. The Morgan fingerprint density at radius 1 is 1.42 bits per heavy atom. The lowest BCUT2D eigenvalue weighted by Crippen LogP contribution is -2.34. The molecular formula is C13H25NO5. The summed E-state index contributed by atoms with van der Waals surface area (Å²) in [6, 6.07) is 0. The maximum absolute atomic E-state index is 11.5. The van der Waals surface area contributed by atoms with Crippen LogP contribution >= 0.6 is 0 Å². The second kappa shape index (κ2) is 8.47. The van der Waals surface area contributed by atoms with E-state index in [-0.39, 0.29) is 12.0 Å². The molecule has 1 amide bonds. The van der Waals surface area contributed by atoms with E-state index in [1.165, 1.54) is 0 Å². The summed E-state index contributed by atoms with van der Waals surface area (Å²) in [5, 5.41) is 2.83. The highest BCUT2D eigenvalue weighted by atomic mass is 16.7. The Labute approximate surface area is 114 Å². The molecular weight excluding hydrogens is 250 g/mol. The molecule has 1 heterocycles. The number of ether oxygens (including phenoxy) is 4. The topological polar surface area (TPSA) is 66.0 Å². The lowest BCUT2D eigenvalue weighted by molar-refractivity contribution is -0.146. The summed E-state index contributed by atoms with van der Waals surface area (Å²) in [5.41, 5.74) is 0. The number of carbonyl (C=O) groups is 1. The van der Waals surface area contributed by atoms with Crippen molar-refractivity contribution in [1.82, 2.24) is 5.32 Å². The molecule has 1 atom stereocenters. The average molecular weight is 275 g/mol. The third-order valence-corrected chi connectivity index (χ3v) is 3.03. The number of hydrogen-bond donors (Lipinski definition) is 1. The fraction of sp³-hybridized carbons (Fsp3) is 0.923. The number of nitrogens with one attached hydrogen (secondary N) is 1. The van der Waals surface area contributed by atoms with Gasteiger partial charge < -0.3 is 24.3 Å². The van der Waals surface area contributed by atoms with Crippen LogP contribution in [0.3, 0.4) is 0 Å². The summed E-state index contributed by atoms with van der Waals surface area (Å²) < 4.78 is 21.3. The van der Waals surface area contributed by atoms with E-state index in [0.29, 0.717) is 45.8 Å². The van der Waals surface area contributed by atoms with Crippen LogP contribution in [-0.2, 0) is 23.7 Å². The summed E-state index contributed by atoms with van der Waals surface area (Å²) in [6.45, 7) is 6.51. The first-order valence-electron chi connectivity index (χ1n) is 6.71. The van der Waals surface area contributed by atoms with Crippen LogP contribution in [-0.4, -0.2) is 57.9 Å². The number of carbonyl (C=O) groups excluding carboxylic acids is 1. The molecule has 1 saturated heterocycles. The summed E-state index contributed by atoms with van der Waals surface area (Å²) in [6.07, 6.45) is 1.06. The summed E-state index contributed by atoms with van der Waals surface area (Å²) >= 11 is 0. The van der Waals surface area contributed by atoms with E-state index >= 15 is 0 Å². The molecule has 1 fully saturated rings. The van der Waals surface area contributed by atoms with Crippen molar-refractivity contribution in [3.8, 4) is 0 Å². The van der Waals surface area contributed by atoms with E-state index in [4.69, 9.17) is 18.9 Å². The lowest BCUT2D eigenvalue weighted by Gasteiger charge is -2.22. The number of amides is 1. The summed E-state index contributed by atoms with van der Waals surface area (Å²) in [4.78, 5) is 11.5. The molecule has 6 heteroatoms. The molecule has 1 aliphatic rings. The van der Waals surface area contributed by atoms with E-state index in [1.54, 1.807) is 7.11 Å². The second-order valence-electron chi connectivity index (χ2n) is 4.80. The Morgan fingerprint density at radius 3 is 2.74 bits per heavy atom. The molecule has 19 heavy (non-hydrogen) atoms. The van der Waals surface area contributed by atoms with Gasteiger partial charge in [-0.25, -0.2) is 0 Å². The van der Waals surface area contributed by atoms with Gasteiger partial charge in [0.2, 0.25) is 5.91 Å². The van der Waals surface area contributed by atoms with Crippen LogP contribution in [0.25, 0.3) is 0 Å². The zero-order valence-corrected chi connectivity index (χ0v) is 12.1. The van der Waals surface area contributed by atoms with Crippen molar-refractivity contribution in [2.24, 2.45) is 0 Å². The maximum Gasteiger partial charge on any atom is 0.222 e. The molecule has 0 aromatic heterocycles. The first kappa shape index (κ1) is 16.4. The SMILES string of the molecule is COC(C)COCCC(=O)NCCC1(C)OCCO1. The van der Waals surface area contributed by atoms with Crippen LogP contribution in [0.4, 0.5) is 0 Å². The number of rotatable bonds is 9. The molecule has 112 valence electrons. The van der Waals surface area contributed by atoms with E-state index in [9.17, 15) is 4.79 Å². The van der Waals surface area contributed by atoms with Crippen LogP contribution in [0, 0.1) is 0 Å². The Bertz CT molecular complexity index is 266. The van der Waals surface area contributed by atoms with Crippen LogP contribution in [0.15, 0.2) is 0 Å². The summed E-state index contributed by atoms with van der Waals surface area (Å²) in [7, 11) is 1.63. The van der Waals surface area contributed by atoms with Gasteiger partial charge in [-0.2, -0.15) is 0 Å². The highest BCUT2D eigenvalue weighted by Gasteiger charge is 2.30. The largest absolute Gasteiger partial charge is 0.379 e. The fourth-order valence-corrected chi connectivity index (χ4v) is 1.70. The smallest absolute Gasteiger partial charge is 0.222 e. The zero-order valence-electron chi connectivity index (χ0n) is 12.1. The van der Waals surface area contributed by atoms with Gasteiger partial charge in [0.25, 0.3) is 0 Å². The van der Waals surface area contributed by atoms with Crippen molar-refractivity contribution in [2.45, 2.75) is 38.6 Å². The maximum atomic E-state index is 11.5. The molecule has 6 nitrogen and oxygen atoms in total. The Balaban J connectivity index is 1.99. The molecule has 0 saturated carbocycles. The monoisotopic (exact) mass is 275 g/mol. The predicted octanol–water partition coefficient (Wildman–Crippen LogP) is 0.697. The lowest BCUT2D eigenvalue weighted by atomic mass is 10.2. The van der Waals surface area contributed by atoms with E-state index in [1.807, 2.05) is 13.8 Å². The number of hydrogen-bond acceptors (Lipinski definition) is 5. The van der Waals surface area contributed by atoms with Gasteiger partial charge in [0, 0.05) is 26.5 Å². The van der Waals surface area contributed by atoms with Crippen LogP contribution in [0.5, 0.6) is 0 Å². The van der Waals surface area contributed by atoms with Crippen molar-refractivity contribution in [3.05, 3.63) is 0 Å². The standard InChI is InChI=1S/C13H25NO5/c1-11(16-3)10-17-7-4-12(15)14-6-5-13(2)18-8-9-19-13/h11H,4-10H2,1-3H3,(H,14,15). The molecule has 0 bridgehead atoms.